The maximum atomic E-state index is 13.0. The van der Waals surface area contributed by atoms with Gasteiger partial charge in [0.15, 0.2) is 6.29 Å². The second-order valence-electron chi connectivity index (χ2n) is 20.7. The molecule has 7 atom stereocenters. The highest BCUT2D eigenvalue weighted by Crippen LogP contribution is 2.23. The summed E-state index contributed by atoms with van der Waals surface area (Å²) in [5, 5.41) is 54.2. The summed E-state index contributed by atoms with van der Waals surface area (Å²) in [6, 6.07) is -0.817. The third kappa shape index (κ3) is 41.2. The van der Waals surface area contributed by atoms with Gasteiger partial charge in [-0.25, -0.2) is 0 Å². The fraction of sp³-hybridized carbons (Fsp3) is 0.806. The Balaban J connectivity index is 2.03. The highest BCUT2D eigenvalue weighted by Gasteiger charge is 2.44. The third-order valence-corrected chi connectivity index (χ3v) is 13.8. The van der Waals surface area contributed by atoms with Gasteiger partial charge >= 0.3 is 5.97 Å². The molecule has 0 aromatic carbocycles. The lowest BCUT2D eigenvalue weighted by Gasteiger charge is -2.40. The first-order chi connectivity index (χ1) is 35.7. The van der Waals surface area contributed by atoms with Crippen LogP contribution in [0.1, 0.15) is 258 Å². The SMILES string of the molecule is CCC/C=C\C/C=C\CCCCCCCC(=O)OCCCCCCCCCCC/C=C\C/C=C\CCCCCCCCCC(=O)NC(COC1OC(CO)C(O)C(O)C1O)C(O)/C=C/CCCCCCCCC. The van der Waals surface area contributed by atoms with E-state index in [1.54, 1.807) is 6.08 Å². The normalized spacial score (nSPS) is 19.4. The minimum absolute atomic E-state index is 0.0210. The number of unbranched alkanes of at least 4 members (excludes halogenated alkanes) is 29. The van der Waals surface area contributed by atoms with Crippen LogP contribution in [0.25, 0.3) is 0 Å². The van der Waals surface area contributed by atoms with Crippen LogP contribution in [-0.2, 0) is 23.8 Å². The van der Waals surface area contributed by atoms with Crippen LogP contribution in [0.3, 0.4) is 0 Å². The Morgan fingerprint density at radius 2 is 0.945 bits per heavy atom. The Labute approximate surface area is 446 Å². The Kier molecular flexibility index (Phi) is 48.2. The van der Waals surface area contributed by atoms with Gasteiger partial charge in [0.25, 0.3) is 0 Å². The molecule has 0 saturated carbocycles. The molecule has 7 unspecified atom stereocenters. The molecular weight excluding hydrogens is 919 g/mol. The van der Waals surface area contributed by atoms with Crippen LogP contribution in [0.15, 0.2) is 60.8 Å². The molecule has 424 valence electrons. The average molecular weight is 1030 g/mol. The summed E-state index contributed by atoms with van der Waals surface area (Å²) in [6.07, 6.45) is 56.1. The quantitative estimate of drug-likeness (QED) is 0.0195. The van der Waals surface area contributed by atoms with Crippen molar-refractivity contribution in [3.8, 4) is 0 Å². The summed E-state index contributed by atoms with van der Waals surface area (Å²) in [5.74, 6) is -0.217. The smallest absolute Gasteiger partial charge is 0.305 e. The Bertz CT molecular complexity index is 1400. The second-order valence-corrected chi connectivity index (χ2v) is 20.7. The zero-order valence-corrected chi connectivity index (χ0v) is 46.6. The van der Waals surface area contributed by atoms with E-state index in [1.807, 2.05) is 6.08 Å². The number of carbonyl (C=O) groups is 2. The van der Waals surface area contributed by atoms with E-state index in [9.17, 15) is 35.1 Å². The van der Waals surface area contributed by atoms with Gasteiger partial charge in [0.1, 0.15) is 24.4 Å². The maximum Gasteiger partial charge on any atom is 0.305 e. The second kappa shape index (κ2) is 51.5. The number of hydrogen-bond donors (Lipinski definition) is 6. The van der Waals surface area contributed by atoms with Crippen molar-refractivity contribution in [1.82, 2.24) is 5.32 Å². The number of carbonyl (C=O) groups excluding carboxylic acids is 2. The van der Waals surface area contributed by atoms with Gasteiger partial charge in [0.2, 0.25) is 5.91 Å². The van der Waals surface area contributed by atoms with Gasteiger partial charge < -0.3 is 45.1 Å². The van der Waals surface area contributed by atoms with Crippen LogP contribution >= 0.6 is 0 Å². The number of nitrogens with one attached hydrogen (secondary N) is 1. The molecule has 0 radical (unpaired) electrons. The van der Waals surface area contributed by atoms with Gasteiger partial charge in [0, 0.05) is 12.8 Å². The molecule has 0 aromatic heterocycles. The lowest BCUT2D eigenvalue weighted by atomic mass is 9.99. The molecule has 73 heavy (non-hydrogen) atoms. The largest absolute Gasteiger partial charge is 0.466 e. The minimum Gasteiger partial charge on any atom is -0.466 e. The minimum atomic E-state index is -1.57. The first kappa shape index (κ1) is 68.4. The van der Waals surface area contributed by atoms with Gasteiger partial charge in [-0.3, -0.25) is 9.59 Å². The summed E-state index contributed by atoms with van der Waals surface area (Å²) in [4.78, 5) is 25.0. The predicted molar refractivity (Wildman–Crippen MR) is 301 cm³/mol. The van der Waals surface area contributed by atoms with E-state index >= 15 is 0 Å². The van der Waals surface area contributed by atoms with Crippen LogP contribution in [0.2, 0.25) is 0 Å². The number of hydrogen-bond acceptors (Lipinski definition) is 10. The molecule has 6 N–H and O–H groups in total. The van der Waals surface area contributed by atoms with Crippen molar-refractivity contribution in [3.63, 3.8) is 0 Å². The number of allylic oxidation sites excluding steroid dienone is 9. The standard InChI is InChI=1S/C62H111NO10/c1-3-5-7-9-11-13-14-26-30-34-38-42-46-50-58(67)71-51-47-43-39-35-31-28-25-23-21-19-17-15-16-18-20-22-24-27-29-33-37-41-45-49-57(66)63-54(55(65)48-44-40-36-32-12-10-8-6-4-2)53-72-62-61(70)60(69)59(68)56(52-64)73-62/h7,9,13-15,17-18,20,44,48,54-56,59-62,64-65,68-70H,3-6,8,10-12,16,19,21-43,45-47,49-53H2,1-2H3,(H,63,66)/b9-7-,14-13-,17-15-,20-18-,48-44+. The molecule has 11 heteroatoms. The molecule has 1 amide bonds. The van der Waals surface area contributed by atoms with Crippen molar-refractivity contribution in [2.45, 2.75) is 301 Å². The zero-order chi connectivity index (χ0) is 53.1. The van der Waals surface area contributed by atoms with Gasteiger partial charge in [-0.2, -0.15) is 0 Å². The molecule has 0 aliphatic carbocycles. The van der Waals surface area contributed by atoms with Crippen molar-refractivity contribution >= 4 is 11.9 Å². The van der Waals surface area contributed by atoms with Crippen molar-refractivity contribution < 1.29 is 49.3 Å². The number of rotatable bonds is 51. The van der Waals surface area contributed by atoms with Gasteiger partial charge in [0.05, 0.1) is 32.0 Å². The zero-order valence-electron chi connectivity index (χ0n) is 46.6. The van der Waals surface area contributed by atoms with Crippen molar-refractivity contribution in [2.24, 2.45) is 0 Å². The van der Waals surface area contributed by atoms with Crippen molar-refractivity contribution in [3.05, 3.63) is 60.8 Å². The van der Waals surface area contributed by atoms with Crippen LogP contribution in [0.4, 0.5) is 0 Å². The van der Waals surface area contributed by atoms with Crippen molar-refractivity contribution in [1.29, 1.82) is 0 Å². The van der Waals surface area contributed by atoms with E-state index in [4.69, 9.17) is 14.2 Å². The first-order valence-corrected chi connectivity index (χ1v) is 30.1. The Morgan fingerprint density at radius 1 is 0.507 bits per heavy atom. The van der Waals surface area contributed by atoms with Crippen molar-refractivity contribution in [2.75, 3.05) is 19.8 Å². The van der Waals surface area contributed by atoms with Gasteiger partial charge in [-0.05, 0) is 89.9 Å². The van der Waals surface area contributed by atoms with E-state index in [-0.39, 0.29) is 18.5 Å². The molecule has 1 heterocycles. The van der Waals surface area contributed by atoms with Gasteiger partial charge in [-0.1, -0.05) is 216 Å². The van der Waals surface area contributed by atoms with Crippen LogP contribution in [-0.4, -0.2) is 100 Å². The Hall–Kier alpha value is -2.64. The van der Waals surface area contributed by atoms with E-state index in [0.717, 1.165) is 103 Å². The summed E-state index contributed by atoms with van der Waals surface area (Å²) in [5.41, 5.74) is 0. The molecule has 0 spiro atoms. The van der Waals surface area contributed by atoms with E-state index in [2.05, 4.69) is 67.8 Å². The van der Waals surface area contributed by atoms with E-state index in [0.29, 0.717) is 19.4 Å². The molecule has 0 aromatic rings. The molecule has 1 fully saturated rings. The molecule has 11 nitrogen and oxygen atoms in total. The van der Waals surface area contributed by atoms with E-state index < -0.39 is 49.5 Å². The molecule has 1 saturated heterocycles. The number of aliphatic hydroxyl groups excluding tert-OH is 5. The molecule has 1 aliphatic heterocycles. The molecule has 0 bridgehead atoms. The number of amides is 1. The first-order valence-electron chi connectivity index (χ1n) is 30.1. The lowest BCUT2D eigenvalue weighted by Crippen LogP contribution is -2.60. The predicted octanol–water partition coefficient (Wildman–Crippen LogP) is 13.8. The average Bonchev–Trinajstić information content (AvgIpc) is 3.39. The van der Waals surface area contributed by atoms with Crippen LogP contribution in [0, 0.1) is 0 Å². The summed E-state index contributed by atoms with van der Waals surface area (Å²) in [7, 11) is 0. The monoisotopic (exact) mass is 1030 g/mol. The van der Waals surface area contributed by atoms with Crippen LogP contribution in [0.5, 0.6) is 0 Å². The topological polar surface area (TPSA) is 175 Å². The number of ether oxygens (including phenoxy) is 3. The van der Waals surface area contributed by atoms with Gasteiger partial charge in [-0.15, -0.1) is 0 Å². The Morgan fingerprint density at radius 3 is 1.44 bits per heavy atom. The number of aliphatic hydroxyl groups is 5. The summed E-state index contributed by atoms with van der Waals surface area (Å²) < 4.78 is 16.7. The summed E-state index contributed by atoms with van der Waals surface area (Å²) >= 11 is 0. The van der Waals surface area contributed by atoms with Crippen LogP contribution < -0.4 is 5.32 Å². The summed E-state index contributed by atoms with van der Waals surface area (Å²) in [6.45, 7) is 4.22. The highest BCUT2D eigenvalue weighted by atomic mass is 16.7. The van der Waals surface area contributed by atoms with E-state index in [1.165, 1.54) is 128 Å². The molecule has 1 rings (SSSR count). The molecule has 1 aliphatic rings. The maximum absolute atomic E-state index is 13.0. The number of esters is 1. The third-order valence-electron chi connectivity index (χ3n) is 13.8. The fourth-order valence-corrected chi connectivity index (χ4v) is 9.03. The highest BCUT2D eigenvalue weighted by molar-refractivity contribution is 5.76. The fourth-order valence-electron chi connectivity index (χ4n) is 9.03. The lowest BCUT2D eigenvalue weighted by molar-refractivity contribution is -0.302. The molecular formula is C62H111NO10.